The summed E-state index contributed by atoms with van der Waals surface area (Å²) in [5, 5.41) is 1.15. The van der Waals surface area contributed by atoms with Gasteiger partial charge in [0.2, 0.25) is 0 Å². The van der Waals surface area contributed by atoms with Gasteiger partial charge in [-0.2, -0.15) is 0 Å². The van der Waals surface area contributed by atoms with Crippen LogP contribution in [-0.4, -0.2) is 28.9 Å². The molecule has 2 saturated carbocycles. The fraction of sp³-hybridized carbons (Fsp3) is 1.00. The Labute approximate surface area is 96.4 Å². The minimum atomic E-state index is 0.919. The van der Waals surface area contributed by atoms with E-state index in [1.165, 1.54) is 57.9 Å². The van der Waals surface area contributed by atoms with E-state index in [0.29, 0.717) is 0 Å². The molecule has 0 aromatic carbocycles. The first-order valence-electron chi connectivity index (χ1n) is 6.23. The van der Waals surface area contributed by atoms with Gasteiger partial charge in [0.25, 0.3) is 0 Å². The number of hydrogen-bond acceptors (Lipinski definition) is 1. The fourth-order valence-electron chi connectivity index (χ4n) is 2.76. The third kappa shape index (κ3) is 2.96. The largest absolute Gasteiger partial charge is 0.297 e. The lowest BCUT2D eigenvalue weighted by Gasteiger charge is -2.30. The highest BCUT2D eigenvalue weighted by atomic mass is 79.9. The maximum absolute atomic E-state index is 3.59. The van der Waals surface area contributed by atoms with E-state index in [9.17, 15) is 0 Å². The summed E-state index contributed by atoms with van der Waals surface area (Å²) < 4.78 is 0. The molecular formula is C12H22BrN. The van der Waals surface area contributed by atoms with E-state index in [4.69, 9.17) is 0 Å². The van der Waals surface area contributed by atoms with Crippen molar-refractivity contribution < 1.29 is 0 Å². The molecule has 2 aliphatic rings. The van der Waals surface area contributed by atoms with Crippen LogP contribution in [-0.2, 0) is 0 Å². The highest BCUT2D eigenvalue weighted by Crippen LogP contribution is 2.32. The summed E-state index contributed by atoms with van der Waals surface area (Å²) in [6, 6.07) is 1.87. The van der Waals surface area contributed by atoms with Gasteiger partial charge in [-0.1, -0.05) is 41.6 Å². The van der Waals surface area contributed by atoms with E-state index in [-0.39, 0.29) is 0 Å². The lowest BCUT2D eigenvalue weighted by atomic mass is 10.1. The number of alkyl halides is 1. The topological polar surface area (TPSA) is 3.24 Å². The molecular weight excluding hydrogens is 238 g/mol. The molecule has 0 bridgehead atoms. The van der Waals surface area contributed by atoms with E-state index in [1.54, 1.807) is 0 Å². The van der Waals surface area contributed by atoms with Crippen LogP contribution in [0.15, 0.2) is 0 Å². The van der Waals surface area contributed by atoms with Crippen LogP contribution in [0.3, 0.4) is 0 Å². The van der Waals surface area contributed by atoms with Gasteiger partial charge >= 0.3 is 0 Å². The van der Waals surface area contributed by atoms with Crippen molar-refractivity contribution >= 4 is 15.9 Å². The molecule has 0 amide bonds. The predicted octanol–water partition coefficient (Wildman–Crippen LogP) is 3.57. The molecule has 14 heavy (non-hydrogen) atoms. The Kier molecular flexibility index (Phi) is 4.30. The molecule has 2 aliphatic carbocycles. The molecule has 2 heteroatoms. The Bertz CT molecular complexity index is 160. The van der Waals surface area contributed by atoms with Crippen molar-refractivity contribution in [1.29, 1.82) is 0 Å². The standard InChI is InChI=1S/C12H22BrN/c13-9-10-14(12-7-8-12)11-5-3-1-2-4-6-11/h11-12H,1-10H2. The van der Waals surface area contributed by atoms with Gasteiger partial charge in [-0.25, -0.2) is 0 Å². The van der Waals surface area contributed by atoms with Crippen LogP contribution in [0, 0.1) is 0 Å². The quantitative estimate of drug-likeness (QED) is 0.551. The van der Waals surface area contributed by atoms with E-state index in [0.717, 1.165) is 17.4 Å². The van der Waals surface area contributed by atoms with E-state index in [2.05, 4.69) is 20.8 Å². The zero-order valence-corrected chi connectivity index (χ0v) is 10.6. The van der Waals surface area contributed by atoms with Gasteiger partial charge in [-0.15, -0.1) is 0 Å². The fourth-order valence-corrected chi connectivity index (χ4v) is 3.17. The third-order valence-corrected chi connectivity index (χ3v) is 4.01. The lowest BCUT2D eigenvalue weighted by Crippen LogP contribution is -2.38. The zero-order chi connectivity index (χ0) is 9.80. The second kappa shape index (κ2) is 5.50. The molecule has 0 heterocycles. The molecule has 0 spiro atoms. The van der Waals surface area contributed by atoms with Gasteiger partial charge in [0.05, 0.1) is 0 Å². The van der Waals surface area contributed by atoms with Crippen LogP contribution in [0.25, 0.3) is 0 Å². The third-order valence-electron chi connectivity index (χ3n) is 3.65. The van der Waals surface area contributed by atoms with Crippen molar-refractivity contribution in [3.05, 3.63) is 0 Å². The van der Waals surface area contributed by atoms with Gasteiger partial charge in [0.15, 0.2) is 0 Å². The van der Waals surface area contributed by atoms with Crippen molar-refractivity contribution in [1.82, 2.24) is 4.90 Å². The number of rotatable bonds is 4. The van der Waals surface area contributed by atoms with E-state index >= 15 is 0 Å². The summed E-state index contributed by atoms with van der Waals surface area (Å²) in [5.41, 5.74) is 0. The first kappa shape index (κ1) is 10.9. The maximum Gasteiger partial charge on any atom is 0.0159 e. The molecule has 0 atom stereocenters. The molecule has 0 aromatic rings. The van der Waals surface area contributed by atoms with Gasteiger partial charge in [-0.3, -0.25) is 4.90 Å². The number of hydrogen-bond donors (Lipinski definition) is 0. The Hall–Kier alpha value is 0.440. The van der Waals surface area contributed by atoms with Crippen LogP contribution in [0.1, 0.15) is 51.4 Å². The summed E-state index contributed by atoms with van der Waals surface area (Å²) in [5.74, 6) is 0. The first-order valence-corrected chi connectivity index (χ1v) is 7.35. The minimum Gasteiger partial charge on any atom is -0.297 e. The SMILES string of the molecule is BrCCN(C1CCCCCC1)C1CC1. The second-order valence-corrected chi connectivity index (χ2v) is 5.60. The lowest BCUT2D eigenvalue weighted by molar-refractivity contribution is 0.180. The van der Waals surface area contributed by atoms with Crippen molar-refractivity contribution in [2.75, 3.05) is 11.9 Å². The Morgan fingerprint density at radius 1 is 0.857 bits per heavy atom. The highest BCUT2D eigenvalue weighted by Gasteiger charge is 2.33. The van der Waals surface area contributed by atoms with Crippen LogP contribution in [0.4, 0.5) is 0 Å². The summed E-state index contributed by atoms with van der Waals surface area (Å²) in [6.07, 6.45) is 11.7. The smallest absolute Gasteiger partial charge is 0.0159 e. The zero-order valence-electron chi connectivity index (χ0n) is 9.05. The molecule has 0 aliphatic heterocycles. The number of halogens is 1. The van der Waals surface area contributed by atoms with Crippen LogP contribution >= 0.6 is 15.9 Å². The molecule has 0 aromatic heterocycles. The number of nitrogens with zero attached hydrogens (tertiary/aromatic N) is 1. The summed E-state index contributed by atoms with van der Waals surface area (Å²) in [6.45, 7) is 1.27. The second-order valence-electron chi connectivity index (χ2n) is 4.80. The minimum absolute atomic E-state index is 0.919. The molecule has 1 nitrogen and oxygen atoms in total. The molecule has 2 rings (SSSR count). The van der Waals surface area contributed by atoms with Gasteiger partial charge in [-0.05, 0) is 25.7 Å². The maximum atomic E-state index is 3.59. The van der Waals surface area contributed by atoms with Crippen LogP contribution < -0.4 is 0 Å². The summed E-state index contributed by atoms with van der Waals surface area (Å²) in [4.78, 5) is 2.79. The highest BCUT2D eigenvalue weighted by molar-refractivity contribution is 9.09. The van der Waals surface area contributed by atoms with Gasteiger partial charge in [0, 0.05) is 24.0 Å². The monoisotopic (exact) mass is 259 g/mol. The molecule has 82 valence electrons. The predicted molar refractivity (Wildman–Crippen MR) is 65.0 cm³/mol. The molecule has 0 saturated heterocycles. The molecule has 0 radical (unpaired) electrons. The van der Waals surface area contributed by atoms with Gasteiger partial charge in [0.1, 0.15) is 0 Å². The summed E-state index contributed by atoms with van der Waals surface area (Å²) >= 11 is 3.59. The van der Waals surface area contributed by atoms with Crippen molar-refractivity contribution in [3.63, 3.8) is 0 Å². The van der Waals surface area contributed by atoms with Crippen molar-refractivity contribution in [3.8, 4) is 0 Å². The average molecular weight is 260 g/mol. The summed E-state index contributed by atoms with van der Waals surface area (Å²) in [7, 11) is 0. The van der Waals surface area contributed by atoms with Gasteiger partial charge < -0.3 is 0 Å². The average Bonchev–Trinajstić information content (AvgIpc) is 3.02. The Morgan fingerprint density at radius 3 is 1.93 bits per heavy atom. The normalized spacial score (nSPS) is 25.3. The van der Waals surface area contributed by atoms with Crippen LogP contribution in [0.5, 0.6) is 0 Å². The Morgan fingerprint density at radius 2 is 1.43 bits per heavy atom. The van der Waals surface area contributed by atoms with E-state index in [1.807, 2.05) is 0 Å². The van der Waals surface area contributed by atoms with Crippen molar-refractivity contribution in [2.45, 2.75) is 63.5 Å². The molecule has 2 fully saturated rings. The van der Waals surface area contributed by atoms with Crippen LogP contribution in [0.2, 0.25) is 0 Å². The Balaban J connectivity index is 1.86. The van der Waals surface area contributed by atoms with Crippen molar-refractivity contribution in [2.24, 2.45) is 0 Å². The first-order chi connectivity index (χ1) is 6.92. The molecule has 0 N–H and O–H groups in total. The molecule has 0 unspecified atom stereocenters. The van der Waals surface area contributed by atoms with E-state index < -0.39 is 0 Å².